The van der Waals surface area contributed by atoms with Crippen molar-refractivity contribution in [2.75, 3.05) is 19.0 Å². The van der Waals surface area contributed by atoms with Gasteiger partial charge in [-0.2, -0.15) is 0 Å². The van der Waals surface area contributed by atoms with Crippen LogP contribution in [0.25, 0.3) is 0 Å². The predicted octanol–water partition coefficient (Wildman–Crippen LogP) is 2.57. The summed E-state index contributed by atoms with van der Waals surface area (Å²) in [6.45, 7) is 2.53. The maximum absolute atomic E-state index is 13.5. The molecule has 3 nitrogen and oxygen atoms in total. The molecule has 0 saturated heterocycles. The first-order chi connectivity index (χ1) is 8.65. The van der Waals surface area contributed by atoms with Crippen LogP contribution in [0.1, 0.15) is 13.3 Å². The maximum Gasteiger partial charge on any atom is 0.146 e. The summed E-state index contributed by atoms with van der Waals surface area (Å²) in [5.74, 6) is -0.931. The van der Waals surface area contributed by atoms with E-state index in [9.17, 15) is 8.78 Å². The van der Waals surface area contributed by atoms with Gasteiger partial charge in [0.2, 0.25) is 0 Å². The molecule has 0 spiro atoms. The van der Waals surface area contributed by atoms with Crippen LogP contribution in [0.4, 0.5) is 14.5 Å². The Labute approximate surface area is 105 Å². The van der Waals surface area contributed by atoms with Crippen molar-refractivity contribution in [2.24, 2.45) is 0 Å². The molecule has 1 aliphatic carbocycles. The molecular weight excluding hydrogens is 240 g/mol. The highest BCUT2D eigenvalue weighted by Crippen LogP contribution is 2.30. The molecular formula is C13H17F2NO2. The third kappa shape index (κ3) is 2.62. The molecule has 3 unspecified atom stereocenters. The first-order valence-electron chi connectivity index (χ1n) is 6.01. The lowest BCUT2D eigenvalue weighted by Crippen LogP contribution is -2.56. The summed E-state index contributed by atoms with van der Waals surface area (Å²) in [5.41, 5.74) is 0.164. The molecule has 1 aliphatic rings. The number of methoxy groups -OCH3 is 1. The molecule has 0 aromatic heterocycles. The molecule has 3 atom stereocenters. The van der Waals surface area contributed by atoms with Crippen LogP contribution in [0, 0.1) is 11.6 Å². The molecule has 100 valence electrons. The zero-order chi connectivity index (χ0) is 13.1. The van der Waals surface area contributed by atoms with E-state index in [-0.39, 0.29) is 23.9 Å². The standard InChI is InChI=1S/C13H17F2NO2/c1-3-18-12-7-11(13(12)17-2)16-10-6-8(14)4-5-9(10)15/h4-6,11-13,16H,3,7H2,1-2H3. The number of hydrogen-bond donors (Lipinski definition) is 1. The highest BCUT2D eigenvalue weighted by molar-refractivity contribution is 5.46. The average molecular weight is 257 g/mol. The van der Waals surface area contributed by atoms with Gasteiger partial charge in [0.05, 0.1) is 17.8 Å². The zero-order valence-electron chi connectivity index (χ0n) is 10.5. The van der Waals surface area contributed by atoms with Crippen LogP contribution in [0.2, 0.25) is 0 Å². The van der Waals surface area contributed by atoms with Crippen LogP contribution < -0.4 is 5.32 Å². The van der Waals surface area contributed by atoms with Gasteiger partial charge in [0.15, 0.2) is 0 Å². The first-order valence-corrected chi connectivity index (χ1v) is 6.01. The molecule has 18 heavy (non-hydrogen) atoms. The summed E-state index contributed by atoms with van der Waals surface area (Å²) in [6, 6.07) is 3.30. The van der Waals surface area contributed by atoms with Gasteiger partial charge in [-0.1, -0.05) is 0 Å². The Morgan fingerprint density at radius 1 is 1.39 bits per heavy atom. The number of benzene rings is 1. The third-order valence-electron chi connectivity index (χ3n) is 3.17. The lowest BCUT2D eigenvalue weighted by Gasteiger charge is -2.43. The number of halogens is 2. The predicted molar refractivity (Wildman–Crippen MR) is 64.6 cm³/mol. The fraction of sp³-hybridized carbons (Fsp3) is 0.538. The fourth-order valence-electron chi connectivity index (χ4n) is 2.22. The second-order valence-electron chi connectivity index (χ2n) is 4.30. The molecule has 1 aromatic rings. The van der Waals surface area contributed by atoms with Crippen molar-refractivity contribution < 1.29 is 18.3 Å². The van der Waals surface area contributed by atoms with Gasteiger partial charge in [0.25, 0.3) is 0 Å². The van der Waals surface area contributed by atoms with Gasteiger partial charge in [-0.15, -0.1) is 0 Å². The van der Waals surface area contributed by atoms with Gasteiger partial charge in [-0.25, -0.2) is 8.78 Å². The van der Waals surface area contributed by atoms with E-state index in [4.69, 9.17) is 9.47 Å². The molecule has 2 rings (SSSR count). The van der Waals surface area contributed by atoms with Crippen molar-refractivity contribution >= 4 is 5.69 Å². The Bertz CT molecular complexity index is 414. The van der Waals surface area contributed by atoms with Crippen LogP contribution >= 0.6 is 0 Å². The van der Waals surface area contributed by atoms with Crippen molar-refractivity contribution in [2.45, 2.75) is 31.6 Å². The molecule has 0 amide bonds. The molecule has 0 aliphatic heterocycles. The molecule has 1 fully saturated rings. The number of ether oxygens (including phenoxy) is 2. The number of nitrogens with one attached hydrogen (secondary N) is 1. The van der Waals surface area contributed by atoms with Crippen molar-refractivity contribution in [3.63, 3.8) is 0 Å². The minimum atomic E-state index is -0.467. The average Bonchev–Trinajstić information content (AvgIpc) is 2.32. The highest BCUT2D eigenvalue weighted by atomic mass is 19.1. The SMILES string of the molecule is CCOC1CC(Nc2cc(F)ccc2F)C1OC. The van der Waals surface area contributed by atoms with Crippen molar-refractivity contribution in [3.8, 4) is 0 Å². The van der Waals surface area contributed by atoms with E-state index in [1.54, 1.807) is 7.11 Å². The van der Waals surface area contributed by atoms with E-state index in [0.29, 0.717) is 6.61 Å². The van der Waals surface area contributed by atoms with Crippen LogP contribution in [-0.2, 0) is 9.47 Å². The Kier molecular flexibility index (Phi) is 4.14. The molecule has 1 aromatic carbocycles. The molecule has 0 heterocycles. The van der Waals surface area contributed by atoms with Crippen molar-refractivity contribution in [1.82, 2.24) is 0 Å². The summed E-state index contributed by atoms with van der Waals surface area (Å²) in [6.07, 6.45) is 0.615. The van der Waals surface area contributed by atoms with E-state index in [0.717, 1.165) is 24.6 Å². The number of rotatable bonds is 5. The zero-order valence-corrected chi connectivity index (χ0v) is 10.5. The molecule has 1 N–H and O–H groups in total. The van der Waals surface area contributed by atoms with Crippen molar-refractivity contribution in [3.05, 3.63) is 29.8 Å². The quantitative estimate of drug-likeness (QED) is 0.879. The normalized spacial score (nSPS) is 26.8. The molecule has 0 radical (unpaired) electrons. The third-order valence-corrected chi connectivity index (χ3v) is 3.17. The van der Waals surface area contributed by atoms with E-state index in [1.165, 1.54) is 0 Å². The minimum Gasteiger partial charge on any atom is -0.377 e. The Hall–Kier alpha value is -1.20. The van der Waals surface area contributed by atoms with Crippen LogP contribution in [0.5, 0.6) is 0 Å². The van der Waals surface area contributed by atoms with Gasteiger partial charge >= 0.3 is 0 Å². The Morgan fingerprint density at radius 2 is 2.17 bits per heavy atom. The molecule has 0 bridgehead atoms. The fourth-order valence-corrected chi connectivity index (χ4v) is 2.22. The van der Waals surface area contributed by atoms with Gasteiger partial charge in [-0.3, -0.25) is 0 Å². The summed E-state index contributed by atoms with van der Waals surface area (Å²) >= 11 is 0. The summed E-state index contributed by atoms with van der Waals surface area (Å²) in [5, 5.41) is 2.96. The molecule has 5 heteroatoms. The molecule has 1 saturated carbocycles. The smallest absolute Gasteiger partial charge is 0.146 e. The van der Waals surface area contributed by atoms with E-state index >= 15 is 0 Å². The second-order valence-corrected chi connectivity index (χ2v) is 4.30. The topological polar surface area (TPSA) is 30.5 Å². The summed E-state index contributed by atoms with van der Waals surface area (Å²) in [4.78, 5) is 0. The van der Waals surface area contributed by atoms with Gasteiger partial charge < -0.3 is 14.8 Å². The maximum atomic E-state index is 13.5. The van der Waals surface area contributed by atoms with Crippen LogP contribution in [0.3, 0.4) is 0 Å². The van der Waals surface area contributed by atoms with E-state index in [1.807, 2.05) is 6.92 Å². The highest BCUT2D eigenvalue weighted by Gasteiger charge is 2.42. The van der Waals surface area contributed by atoms with Crippen LogP contribution in [-0.4, -0.2) is 32.0 Å². The Balaban J connectivity index is 2.00. The van der Waals surface area contributed by atoms with Crippen molar-refractivity contribution in [1.29, 1.82) is 0 Å². The van der Waals surface area contributed by atoms with Gasteiger partial charge in [0.1, 0.15) is 17.7 Å². The largest absolute Gasteiger partial charge is 0.377 e. The monoisotopic (exact) mass is 257 g/mol. The second kappa shape index (κ2) is 5.63. The summed E-state index contributed by atoms with van der Waals surface area (Å²) in [7, 11) is 1.59. The first kappa shape index (κ1) is 13.2. The lowest BCUT2D eigenvalue weighted by molar-refractivity contribution is -0.118. The summed E-state index contributed by atoms with van der Waals surface area (Å²) < 4.78 is 37.3. The van der Waals surface area contributed by atoms with E-state index < -0.39 is 11.6 Å². The lowest BCUT2D eigenvalue weighted by atomic mass is 9.85. The number of hydrogen-bond acceptors (Lipinski definition) is 3. The number of anilines is 1. The van der Waals surface area contributed by atoms with Gasteiger partial charge in [0, 0.05) is 13.7 Å². The van der Waals surface area contributed by atoms with E-state index in [2.05, 4.69) is 5.32 Å². The minimum absolute atomic E-state index is 0.0223. The Morgan fingerprint density at radius 3 is 2.83 bits per heavy atom. The van der Waals surface area contributed by atoms with Gasteiger partial charge in [-0.05, 0) is 31.5 Å². The van der Waals surface area contributed by atoms with Crippen LogP contribution in [0.15, 0.2) is 18.2 Å².